The topological polar surface area (TPSA) is 116 Å². The van der Waals surface area contributed by atoms with Gasteiger partial charge in [0.25, 0.3) is 0 Å². The van der Waals surface area contributed by atoms with E-state index >= 15 is 0 Å². The van der Waals surface area contributed by atoms with Gasteiger partial charge in [-0.25, -0.2) is 9.59 Å². The fraction of sp³-hybridized carbons (Fsp3) is 0.348. The Morgan fingerprint density at radius 1 is 1.10 bits per heavy atom. The number of alkyl carbamates (subject to hydrolysis) is 1. The van der Waals surface area contributed by atoms with Crippen molar-refractivity contribution in [2.24, 2.45) is 0 Å². The fourth-order valence-electron chi connectivity index (χ4n) is 4.22. The summed E-state index contributed by atoms with van der Waals surface area (Å²) in [4.78, 5) is 37.2. The molecule has 3 N–H and O–H groups in total. The predicted molar refractivity (Wildman–Crippen MR) is 111 cm³/mol. The van der Waals surface area contributed by atoms with E-state index in [9.17, 15) is 19.5 Å². The zero-order valence-corrected chi connectivity index (χ0v) is 17.1. The van der Waals surface area contributed by atoms with E-state index in [1.165, 1.54) is 4.90 Å². The number of hydrogen-bond acceptors (Lipinski definition) is 5. The number of carbonyl (C=O) groups excluding carboxylic acids is 2. The van der Waals surface area contributed by atoms with Crippen LogP contribution in [0.3, 0.4) is 0 Å². The van der Waals surface area contributed by atoms with Crippen molar-refractivity contribution in [3.8, 4) is 11.1 Å². The van der Waals surface area contributed by atoms with Crippen LogP contribution in [0.2, 0.25) is 0 Å². The molecule has 4 rings (SSSR count). The number of carboxylic acids is 1. The molecular formula is C23H24N2O6. The Hall–Kier alpha value is -3.39. The summed E-state index contributed by atoms with van der Waals surface area (Å²) in [6.45, 7) is 1.26. The molecule has 1 unspecified atom stereocenters. The number of aliphatic carboxylic acids is 1. The molecule has 2 aromatic carbocycles. The second-order valence-electron chi connectivity index (χ2n) is 7.96. The van der Waals surface area contributed by atoms with Crippen LogP contribution in [0.5, 0.6) is 0 Å². The van der Waals surface area contributed by atoms with Gasteiger partial charge in [0, 0.05) is 5.92 Å². The normalized spacial score (nSPS) is 17.2. The number of likely N-dealkylation sites (tertiary alicyclic amines) is 1. The molecule has 0 aromatic heterocycles. The number of carboxylic acid groups (broad SMARTS) is 1. The number of aliphatic hydroxyl groups is 1. The van der Waals surface area contributed by atoms with E-state index in [-0.39, 0.29) is 25.6 Å². The number of β-amino-alcohol motifs (C(OH)–C–C–N with tert-alkyl or cyclic N) is 1. The Kier molecular flexibility index (Phi) is 5.41. The third-order valence-electron chi connectivity index (χ3n) is 5.96. The first-order valence-electron chi connectivity index (χ1n) is 10.2. The van der Waals surface area contributed by atoms with E-state index in [4.69, 9.17) is 9.84 Å². The number of fused-ring (bicyclic) bond motifs is 3. The lowest BCUT2D eigenvalue weighted by Crippen LogP contribution is -2.69. The number of carbonyl (C=O) groups is 3. The lowest BCUT2D eigenvalue weighted by molar-refractivity contribution is -0.182. The summed E-state index contributed by atoms with van der Waals surface area (Å²) in [7, 11) is 0. The first-order chi connectivity index (χ1) is 14.8. The minimum atomic E-state index is -1.92. The predicted octanol–water partition coefficient (Wildman–Crippen LogP) is 1.96. The van der Waals surface area contributed by atoms with Crippen molar-refractivity contribution in [1.82, 2.24) is 10.2 Å². The highest BCUT2D eigenvalue weighted by Gasteiger charge is 2.51. The minimum Gasteiger partial charge on any atom is -0.479 e. The molecule has 1 heterocycles. The maximum absolute atomic E-state index is 12.5. The molecule has 2 aliphatic rings. The van der Waals surface area contributed by atoms with Gasteiger partial charge in [0.1, 0.15) is 12.6 Å². The van der Waals surface area contributed by atoms with Crippen molar-refractivity contribution in [3.63, 3.8) is 0 Å². The SMILES string of the molecule is CCC(NC(=O)OCC1c2ccccc2-c2ccccc21)C(=O)N1CC(O)(C(=O)O)C1. The third-order valence-corrected chi connectivity index (χ3v) is 5.96. The monoisotopic (exact) mass is 424 g/mol. The van der Waals surface area contributed by atoms with E-state index in [2.05, 4.69) is 5.32 Å². The third kappa shape index (κ3) is 3.74. The van der Waals surface area contributed by atoms with Gasteiger partial charge < -0.3 is 25.2 Å². The van der Waals surface area contributed by atoms with Gasteiger partial charge >= 0.3 is 12.1 Å². The molecule has 1 aliphatic heterocycles. The second-order valence-corrected chi connectivity index (χ2v) is 7.96. The minimum absolute atomic E-state index is 0.0881. The van der Waals surface area contributed by atoms with Crippen LogP contribution >= 0.6 is 0 Å². The Morgan fingerprint density at radius 3 is 2.16 bits per heavy atom. The van der Waals surface area contributed by atoms with Crippen LogP contribution in [-0.4, -0.2) is 64.4 Å². The number of nitrogens with zero attached hydrogens (tertiary/aromatic N) is 1. The Balaban J connectivity index is 1.37. The zero-order chi connectivity index (χ0) is 22.2. The molecule has 0 spiro atoms. The average molecular weight is 424 g/mol. The van der Waals surface area contributed by atoms with Crippen molar-refractivity contribution in [2.45, 2.75) is 30.9 Å². The van der Waals surface area contributed by atoms with Crippen LogP contribution in [0.4, 0.5) is 4.79 Å². The summed E-state index contributed by atoms with van der Waals surface area (Å²) in [5, 5.41) is 21.3. The fourth-order valence-corrected chi connectivity index (χ4v) is 4.22. The molecule has 1 atom stereocenters. The van der Waals surface area contributed by atoms with Crippen LogP contribution in [0.15, 0.2) is 48.5 Å². The Morgan fingerprint density at radius 2 is 1.65 bits per heavy atom. The van der Waals surface area contributed by atoms with E-state index in [1.54, 1.807) is 6.92 Å². The number of amides is 2. The molecule has 1 aliphatic carbocycles. The van der Waals surface area contributed by atoms with E-state index in [1.807, 2.05) is 48.5 Å². The maximum atomic E-state index is 12.5. The number of benzene rings is 2. The lowest BCUT2D eigenvalue weighted by Gasteiger charge is -2.44. The molecule has 1 fully saturated rings. The summed E-state index contributed by atoms with van der Waals surface area (Å²) < 4.78 is 5.47. The summed E-state index contributed by atoms with van der Waals surface area (Å²) in [5.41, 5.74) is 2.51. The standard InChI is InChI=1S/C23H24N2O6/c1-2-19(20(26)25-12-23(30,13-25)21(27)28)24-22(29)31-11-18-16-9-5-3-7-14(16)15-8-4-6-10-17(15)18/h3-10,18-19,30H,2,11-13H2,1H3,(H,24,29)(H,27,28). The number of ether oxygens (including phenoxy) is 1. The first kappa shape index (κ1) is 20.9. The van der Waals surface area contributed by atoms with Crippen molar-refractivity contribution in [2.75, 3.05) is 19.7 Å². The van der Waals surface area contributed by atoms with Gasteiger partial charge in [-0.15, -0.1) is 0 Å². The van der Waals surface area contributed by atoms with E-state index in [0.717, 1.165) is 22.3 Å². The quantitative estimate of drug-likeness (QED) is 0.653. The van der Waals surface area contributed by atoms with Crippen LogP contribution in [-0.2, 0) is 14.3 Å². The van der Waals surface area contributed by atoms with Crippen LogP contribution in [0.25, 0.3) is 11.1 Å². The van der Waals surface area contributed by atoms with Crippen molar-refractivity contribution >= 4 is 18.0 Å². The molecule has 0 saturated carbocycles. The summed E-state index contributed by atoms with van der Waals surface area (Å²) in [6.07, 6.45) is -0.401. The van der Waals surface area contributed by atoms with Crippen LogP contribution in [0.1, 0.15) is 30.4 Å². The van der Waals surface area contributed by atoms with Gasteiger partial charge in [0.15, 0.2) is 5.60 Å². The van der Waals surface area contributed by atoms with Gasteiger partial charge in [-0.05, 0) is 28.7 Å². The highest BCUT2D eigenvalue weighted by Crippen LogP contribution is 2.44. The zero-order valence-electron chi connectivity index (χ0n) is 17.1. The largest absolute Gasteiger partial charge is 0.479 e. The molecular weight excluding hydrogens is 400 g/mol. The van der Waals surface area contributed by atoms with Crippen molar-refractivity contribution < 1.29 is 29.3 Å². The maximum Gasteiger partial charge on any atom is 0.407 e. The molecule has 31 heavy (non-hydrogen) atoms. The number of hydrogen-bond donors (Lipinski definition) is 3. The summed E-state index contributed by atoms with van der Waals surface area (Å²) in [6, 6.07) is 15.1. The van der Waals surface area contributed by atoms with E-state index < -0.39 is 29.6 Å². The highest BCUT2D eigenvalue weighted by atomic mass is 16.5. The molecule has 2 amide bonds. The van der Waals surface area contributed by atoms with Crippen molar-refractivity contribution in [1.29, 1.82) is 0 Å². The molecule has 8 nitrogen and oxygen atoms in total. The number of rotatable bonds is 6. The Labute approximate surface area is 179 Å². The smallest absolute Gasteiger partial charge is 0.407 e. The molecule has 0 radical (unpaired) electrons. The molecule has 0 bridgehead atoms. The van der Waals surface area contributed by atoms with Gasteiger partial charge in [-0.2, -0.15) is 0 Å². The Bertz CT molecular complexity index is 985. The van der Waals surface area contributed by atoms with Crippen molar-refractivity contribution in [3.05, 3.63) is 59.7 Å². The summed E-state index contributed by atoms with van der Waals surface area (Å²) >= 11 is 0. The lowest BCUT2D eigenvalue weighted by atomic mass is 9.93. The average Bonchev–Trinajstić information content (AvgIpc) is 3.07. The molecule has 162 valence electrons. The molecule has 8 heteroatoms. The van der Waals surface area contributed by atoms with E-state index in [0.29, 0.717) is 6.42 Å². The highest BCUT2D eigenvalue weighted by molar-refractivity contribution is 5.89. The van der Waals surface area contributed by atoms with Crippen LogP contribution < -0.4 is 5.32 Å². The van der Waals surface area contributed by atoms with Crippen LogP contribution in [0, 0.1) is 0 Å². The van der Waals surface area contributed by atoms with Gasteiger partial charge in [-0.3, -0.25) is 4.79 Å². The van der Waals surface area contributed by atoms with Gasteiger partial charge in [0.05, 0.1) is 13.1 Å². The molecule has 2 aromatic rings. The molecule has 1 saturated heterocycles. The second kappa shape index (κ2) is 8.03. The summed E-state index contributed by atoms with van der Waals surface area (Å²) in [5.74, 6) is -1.90. The van der Waals surface area contributed by atoms with Gasteiger partial charge in [0.2, 0.25) is 5.91 Å². The van der Waals surface area contributed by atoms with Gasteiger partial charge in [-0.1, -0.05) is 55.5 Å². The number of nitrogens with one attached hydrogen (secondary N) is 1. The first-order valence-corrected chi connectivity index (χ1v) is 10.2.